The van der Waals surface area contributed by atoms with Crippen LogP contribution in [0, 0.1) is 5.92 Å². The number of hydrogen-bond donors (Lipinski definition) is 2. The summed E-state index contributed by atoms with van der Waals surface area (Å²) in [5.41, 5.74) is 2.13. The summed E-state index contributed by atoms with van der Waals surface area (Å²) in [5, 5.41) is 4.36. The van der Waals surface area contributed by atoms with Crippen molar-refractivity contribution in [2.75, 3.05) is 13.1 Å². The maximum atomic E-state index is 5.69. The van der Waals surface area contributed by atoms with Crippen molar-refractivity contribution >= 4 is 28.4 Å². The first kappa shape index (κ1) is 17.2. The number of fused-ring (bicyclic) bond motifs is 1. The van der Waals surface area contributed by atoms with Crippen LogP contribution in [0.3, 0.4) is 0 Å². The smallest absolute Gasteiger partial charge is 0.169 e. The summed E-state index contributed by atoms with van der Waals surface area (Å²) in [4.78, 5) is 10.4. The number of hydrogen-bond acceptors (Lipinski definition) is 2. The van der Waals surface area contributed by atoms with Crippen LogP contribution in [0.25, 0.3) is 11.0 Å². The number of para-hydroxylation sites is 2. The lowest BCUT2D eigenvalue weighted by molar-refractivity contribution is 0.280. The van der Waals surface area contributed by atoms with E-state index in [4.69, 9.17) is 12.2 Å². The van der Waals surface area contributed by atoms with E-state index in [2.05, 4.69) is 40.1 Å². The zero-order valence-corrected chi connectivity index (χ0v) is 15.5. The number of nitrogens with zero attached hydrogens (tertiary/aromatic N) is 2. The summed E-state index contributed by atoms with van der Waals surface area (Å²) in [7, 11) is 0. The Bertz CT molecular complexity index is 640. The molecule has 2 N–H and O–H groups in total. The van der Waals surface area contributed by atoms with Crippen LogP contribution in [0.1, 0.15) is 45.4 Å². The molecule has 2 aromatic rings. The number of thiocarbonyl (C=S) groups is 1. The van der Waals surface area contributed by atoms with Crippen molar-refractivity contribution in [2.24, 2.45) is 5.92 Å². The molecule has 5 heteroatoms. The Kier molecular flexibility index (Phi) is 5.72. The highest BCUT2D eigenvalue weighted by Crippen LogP contribution is 2.24. The van der Waals surface area contributed by atoms with Gasteiger partial charge in [-0.3, -0.25) is 0 Å². The lowest BCUT2D eigenvalue weighted by Gasteiger charge is -2.33. The Balaban J connectivity index is 1.54. The van der Waals surface area contributed by atoms with E-state index in [0.717, 1.165) is 41.5 Å². The summed E-state index contributed by atoms with van der Waals surface area (Å²) in [5.74, 6) is 1.64. The third-order valence-electron chi connectivity index (χ3n) is 4.66. The van der Waals surface area contributed by atoms with Crippen LogP contribution in [0.5, 0.6) is 0 Å². The molecule has 0 saturated heterocycles. The molecule has 1 aliphatic carbocycles. The number of H-pyrrole nitrogens is 1. The highest BCUT2D eigenvalue weighted by Gasteiger charge is 2.24. The number of aromatic nitrogens is 2. The minimum Gasteiger partial charge on any atom is -0.362 e. The average Bonchev–Trinajstić information content (AvgIpc) is 3.21. The molecule has 0 radical (unpaired) electrons. The van der Waals surface area contributed by atoms with Crippen molar-refractivity contribution in [3.05, 3.63) is 30.1 Å². The minimum atomic E-state index is 0.624. The fourth-order valence-corrected chi connectivity index (χ4v) is 3.85. The first-order valence-electron chi connectivity index (χ1n) is 9.11. The molecule has 0 spiro atoms. The second-order valence-corrected chi connectivity index (χ2v) is 7.55. The zero-order valence-electron chi connectivity index (χ0n) is 14.7. The van der Waals surface area contributed by atoms with Gasteiger partial charge in [0.05, 0.1) is 11.0 Å². The van der Waals surface area contributed by atoms with Gasteiger partial charge in [0.1, 0.15) is 5.82 Å². The lowest BCUT2D eigenvalue weighted by atomic mass is 10.1. The molecule has 1 aromatic carbocycles. The molecule has 3 rings (SSSR count). The van der Waals surface area contributed by atoms with Gasteiger partial charge in [-0.15, -0.1) is 0 Å². The van der Waals surface area contributed by atoms with E-state index in [-0.39, 0.29) is 0 Å². The molecular formula is C19H28N4S. The molecule has 0 aliphatic heterocycles. The van der Waals surface area contributed by atoms with Crippen molar-refractivity contribution < 1.29 is 0 Å². The Morgan fingerprint density at radius 3 is 2.79 bits per heavy atom. The Hall–Kier alpha value is -1.62. The first-order valence-corrected chi connectivity index (χ1v) is 9.52. The van der Waals surface area contributed by atoms with Gasteiger partial charge in [-0.25, -0.2) is 4.98 Å². The number of aromatic amines is 1. The fourth-order valence-electron chi connectivity index (χ4n) is 3.52. The van der Waals surface area contributed by atoms with E-state index in [9.17, 15) is 0 Å². The molecule has 1 fully saturated rings. The van der Waals surface area contributed by atoms with Gasteiger partial charge in [-0.05, 0) is 43.1 Å². The Morgan fingerprint density at radius 2 is 2.08 bits per heavy atom. The largest absolute Gasteiger partial charge is 0.362 e. The predicted molar refractivity (Wildman–Crippen MR) is 104 cm³/mol. The van der Waals surface area contributed by atoms with Crippen LogP contribution in [-0.2, 0) is 6.42 Å². The molecule has 130 valence electrons. The summed E-state index contributed by atoms with van der Waals surface area (Å²) in [6, 6.07) is 8.78. The topological polar surface area (TPSA) is 44.0 Å². The zero-order chi connectivity index (χ0) is 16.9. The first-order chi connectivity index (χ1) is 11.6. The number of benzene rings is 1. The summed E-state index contributed by atoms with van der Waals surface area (Å²) < 4.78 is 0. The monoisotopic (exact) mass is 344 g/mol. The van der Waals surface area contributed by atoms with Gasteiger partial charge in [-0.1, -0.05) is 38.8 Å². The van der Waals surface area contributed by atoms with E-state index in [0.29, 0.717) is 12.0 Å². The molecular weight excluding hydrogens is 316 g/mol. The highest BCUT2D eigenvalue weighted by molar-refractivity contribution is 7.80. The van der Waals surface area contributed by atoms with E-state index in [1.807, 2.05) is 18.2 Å². The van der Waals surface area contributed by atoms with Gasteiger partial charge in [0, 0.05) is 25.6 Å². The van der Waals surface area contributed by atoms with Crippen LogP contribution in [0.4, 0.5) is 0 Å². The predicted octanol–water partition coefficient (Wildman–Crippen LogP) is 3.88. The summed E-state index contributed by atoms with van der Waals surface area (Å²) in [6.45, 7) is 6.39. The SMILES string of the molecule is CC(C)CN(C(=S)NCCc1nc2ccccc2[nH]1)C1CCCC1. The third-order valence-corrected chi connectivity index (χ3v) is 5.04. The molecule has 1 saturated carbocycles. The quantitative estimate of drug-likeness (QED) is 0.781. The van der Waals surface area contributed by atoms with Crippen molar-refractivity contribution in [1.82, 2.24) is 20.2 Å². The maximum Gasteiger partial charge on any atom is 0.169 e. The molecule has 24 heavy (non-hydrogen) atoms. The lowest BCUT2D eigenvalue weighted by Crippen LogP contribution is -2.47. The standard InChI is InChI=1S/C19H28N4S/c1-14(2)13-23(15-7-3-4-8-15)19(24)20-12-11-18-21-16-9-5-6-10-17(16)22-18/h5-6,9-10,14-15H,3-4,7-8,11-13H2,1-2H3,(H,20,24)(H,21,22). The second-order valence-electron chi connectivity index (χ2n) is 7.17. The third kappa shape index (κ3) is 4.26. The Labute approximate surface area is 150 Å². The second kappa shape index (κ2) is 7.97. The number of nitrogens with one attached hydrogen (secondary N) is 2. The molecule has 0 atom stereocenters. The molecule has 0 amide bonds. The van der Waals surface area contributed by atoms with Crippen LogP contribution in [-0.4, -0.2) is 39.1 Å². The number of rotatable bonds is 6. The van der Waals surface area contributed by atoms with Gasteiger partial charge in [0.25, 0.3) is 0 Å². The van der Waals surface area contributed by atoms with Gasteiger partial charge >= 0.3 is 0 Å². The number of imidazole rings is 1. The van der Waals surface area contributed by atoms with Crippen LogP contribution in [0.2, 0.25) is 0 Å². The van der Waals surface area contributed by atoms with E-state index in [1.54, 1.807) is 0 Å². The van der Waals surface area contributed by atoms with Gasteiger partial charge < -0.3 is 15.2 Å². The van der Waals surface area contributed by atoms with Crippen molar-refractivity contribution in [3.63, 3.8) is 0 Å². The minimum absolute atomic E-state index is 0.624. The molecule has 0 unspecified atom stereocenters. The van der Waals surface area contributed by atoms with E-state index in [1.165, 1.54) is 25.7 Å². The van der Waals surface area contributed by atoms with E-state index < -0.39 is 0 Å². The maximum absolute atomic E-state index is 5.69. The van der Waals surface area contributed by atoms with Crippen molar-refractivity contribution in [1.29, 1.82) is 0 Å². The molecule has 1 aromatic heterocycles. The van der Waals surface area contributed by atoms with Crippen molar-refractivity contribution in [3.8, 4) is 0 Å². The van der Waals surface area contributed by atoms with Gasteiger partial charge in [-0.2, -0.15) is 0 Å². The van der Waals surface area contributed by atoms with E-state index >= 15 is 0 Å². The van der Waals surface area contributed by atoms with Crippen LogP contribution < -0.4 is 5.32 Å². The molecule has 4 nitrogen and oxygen atoms in total. The van der Waals surface area contributed by atoms with Gasteiger partial charge in [0.15, 0.2) is 5.11 Å². The molecule has 0 bridgehead atoms. The van der Waals surface area contributed by atoms with Gasteiger partial charge in [0.2, 0.25) is 0 Å². The van der Waals surface area contributed by atoms with Crippen molar-refractivity contribution in [2.45, 2.75) is 52.0 Å². The molecule has 1 aliphatic rings. The fraction of sp³-hybridized carbons (Fsp3) is 0.579. The summed E-state index contributed by atoms with van der Waals surface area (Å²) in [6.07, 6.45) is 6.08. The van der Waals surface area contributed by atoms with Crippen LogP contribution in [0.15, 0.2) is 24.3 Å². The Morgan fingerprint density at radius 1 is 1.33 bits per heavy atom. The average molecular weight is 345 g/mol. The molecule has 1 heterocycles. The highest BCUT2D eigenvalue weighted by atomic mass is 32.1. The van der Waals surface area contributed by atoms with Crippen LogP contribution >= 0.6 is 12.2 Å². The summed E-state index contributed by atoms with van der Waals surface area (Å²) >= 11 is 5.69. The normalized spacial score (nSPS) is 15.3.